The maximum absolute atomic E-state index is 5.84. The molecule has 2 aromatic rings. The predicted molar refractivity (Wildman–Crippen MR) is 75.4 cm³/mol. The summed E-state index contributed by atoms with van der Waals surface area (Å²) in [7, 11) is 0. The Morgan fingerprint density at radius 3 is 3.00 bits per heavy atom. The van der Waals surface area contributed by atoms with Crippen molar-refractivity contribution in [2.45, 2.75) is 0 Å². The molecule has 3 rings (SSSR count). The molecule has 0 bridgehead atoms. The average molecular weight is 253 g/mol. The van der Waals surface area contributed by atoms with Crippen LogP contribution in [-0.2, 0) is 0 Å². The molecule has 0 amide bonds. The summed E-state index contributed by atoms with van der Waals surface area (Å²) in [6.07, 6.45) is 9.58. The summed E-state index contributed by atoms with van der Waals surface area (Å²) >= 11 is 0. The number of ether oxygens (including phenoxy) is 1. The van der Waals surface area contributed by atoms with Crippen LogP contribution < -0.4 is 10.2 Å². The summed E-state index contributed by atoms with van der Waals surface area (Å²) in [5.74, 6) is 0.877. The van der Waals surface area contributed by atoms with Crippen molar-refractivity contribution in [3.05, 3.63) is 61.1 Å². The normalized spacial score (nSPS) is 13.6. The molecule has 1 aliphatic heterocycles. The lowest BCUT2D eigenvalue weighted by Crippen LogP contribution is -2.33. The molecule has 4 nitrogen and oxygen atoms in total. The molecule has 0 saturated heterocycles. The number of nitrogens with one attached hydrogen (secondary N) is 1. The van der Waals surface area contributed by atoms with Crippen molar-refractivity contribution in [1.82, 2.24) is 15.4 Å². The maximum atomic E-state index is 5.84. The van der Waals surface area contributed by atoms with E-state index in [0.717, 1.165) is 23.2 Å². The topological polar surface area (TPSA) is 37.4 Å². The third-order valence-corrected chi connectivity index (χ3v) is 2.91. The van der Waals surface area contributed by atoms with Gasteiger partial charge in [0.2, 0.25) is 0 Å². The molecular weight excluding hydrogens is 238 g/mol. The molecule has 1 aromatic carbocycles. The molecule has 0 radical (unpaired) electrons. The van der Waals surface area contributed by atoms with Crippen molar-refractivity contribution in [2.75, 3.05) is 13.2 Å². The van der Waals surface area contributed by atoms with Crippen LogP contribution in [0.5, 0.6) is 5.75 Å². The standard InChI is InChI=1S/C15H15N3O/c1-2-6-14-13(5-1)15(7-9-16-14)19-12-11-18-10-4-3-8-17-18/h1-10,17H,11-12H2. The number of fused-ring (bicyclic) bond motifs is 1. The predicted octanol–water partition coefficient (Wildman–Crippen LogP) is 2.46. The van der Waals surface area contributed by atoms with Crippen molar-refractivity contribution in [3.8, 4) is 5.75 Å². The Bertz CT molecular complexity index is 616. The second kappa shape index (κ2) is 5.44. The van der Waals surface area contributed by atoms with Crippen LogP contribution in [0.3, 0.4) is 0 Å². The Labute approximate surface area is 112 Å². The van der Waals surface area contributed by atoms with Gasteiger partial charge >= 0.3 is 0 Å². The summed E-state index contributed by atoms with van der Waals surface area (Å²) in [6.45, 7) is 1.39. The number of nitrogens with zero attached hydrogens (tertiary/aromatic N) is 2. The van der Waals surface area contributed by atoms with Crippen molar-refractivity contribution < 1.29 is 4.74 Å². The van der Waals surface area contributed by atoms with Gasteiger partial charge in [0.25, 0.3) is 0 Å². The van der Waals surface area contributed by atoms with E-state index in [4.69, 9.17) is 4.74 Å². The first-order chi connectivity index (χ1) is 9.43. The fraction of sp³-hybridized carbons (Fsp3) is 0.133. The quantitative estimate of drug-likeness (QED) is 0.908. The Morgan fingerprint density at radius 1 is 1.16 bits per heavy atom. The van der Waals surface area contributed by atoms with Crippen molar-refractivity contribution >= 4 is 10.9 Å². The number of hydrogen-bond donors (Lipinski definition) is 1. The minimum absolute atomic E-state index is 0.610. The molecule has 0 atom stereocenters. The Kier molecular flexibility index (Phi) is 3.32. The van der Waals surface area contributed by atoms with Gasteiger partial charge in [-0.05, 0) is 30.4 Å². The fourth-order valence-electron chi connectivity index (χ4n) is 1.98. The van der Waals surface area contributed by atoms with E-state index in [1.165, 1.54) is 0 Å². The fourth-order valence-corrected chi connectivity index (χ4v) is 1.98. The van der Waals surface area contributed by atoms with Crippen LogP contribution in [0.25, 0.3) is 10.9 Å². The minimum Gasteiger partial charge on any atom is -0.491 e. The van der Waals surface area contributed by atoms with Gasteiger partial charge in [-0.15, -0.1) is 0 Å². The highest BCUT2D eigenvalue weighted by Gasteiger charge is 2.03. The van der Waals surface area contributed by atoms with Gasteiger partial charge in [0, 0.05) is 24.0 Å². The molecule has 1 aromatic heterocycles. The van der Waals surface area contributed by atoms with E-state index in [2.05, 4.69) is 10.4 Å². The number of benzene rings is 1. The van der Waals surface area contributed by atoms with Crippen molar-refractivity contribution in [1.29, 1.82) is 0 Å². The highest BCUT2D eigenvalue weighted by Crippen LogP contribution is 2.23. The number of hydrogen-bond acceptors (Lipinski definition) is 4. The average Bonchev–Trinajstić information content (AvgIpc) is 2.49. The molecule has 0 spiro atoms. The molecule has 96 valence electrons. The largest absolute Gasteiger partial charge is 0.491 e. The third-order valence-electron chi connectivity index (χ3n) is 2.91. The lowest BCUT2D eigenvalue weighted by Gasteiger charge is -2.22. The third kappa shape index (κ3) is 2.68. The van der Waals surface area contributed by atoms with E-state index >= 15 is 0 Å². The van der Waals surface area contributed by atoms with Gasteiger partial charge in [0.15, 0.2) is 0 Å². The first kappa shape index (κ1) is 11.6. The van der Waals surface area contributed by atoms with Crippen LogP contribution in [-0.4, -0.2) is 23.1 Å². The zero-order chi connectivity index (χ0) is 12.9. The van der Waals surface area contributed by atoms with Crippen LogP contribution in [0.15, 0.2) is 61.1 Å². The first-order valence-corrected chi connectivity index (χ1v) is 6.26. The molecule has 4 heteroatoms. The summed E-state index contributed by atoms with van der Waals surface area (Å²) in [4.78, 5) is 4.32. The second-order valence-electron chi connectivity index (χ2n) is 4.20. The molecule has 0 fully saturated rings. The van der Waals surface area contributed by atoms with Gasteiger partial charge in [0.05, 0.1) is 12.1 Å². The molecule has 0 saturated carbocycles. The molecule has 0 unspecified atom stereocenters. The smallest absolute Gasteiger partial charge is 0.130 e. The van der Waals surface area contributed by atoms with Gasteiger partial charge in [-0.25, -0.2) is 0 Å². The highest BCUT2D eigenvalue weighted by atomic mass is 16.5. The Hall–Kier alpha value is -2.49. The summed E-state index contributed by atoms with van der Waals surface area (Å²) in [5, 5.41) is 3.02. The van der Waals surface area contributed by atoms with Crippen LogP contribution >= 0.6 is 0 Å². The van der Waals surface area contributed by atoms with E-state index in [0.29, 0.717) is 6.61 Å². The van der Waals surface area contributed by atoms with Gasteiger partial charge in [-0.1, -0.05) is 12.1 Å². The van der Waals surface area contributed by atoms with E-state index < -0.39 is 0 Å². The Morgan fingerprint density at radius 2 is 2.11 bits per heavy atom. The van der Waals surface area contributed by atoms with Crippen LogP contribution in [0.1, 0.15) is 0 Å². The number of aromatic nitrogens is 1. The lowest BCUT2D eigenvalue weighted by molar-refractivity contribution is 0.228. The molecular formula is C15H15N3O. The Balaban J connectivity index is 1.65. The van der Waals surface area contributed by atoms with E-state index in [9.17, 15) is 0 Å². The zero-order valence-corrected chi connectivity index (χ0v) is 10.5. The number of pyridine rings is 1. The van der Waals surface area contributed by atoms with Crippen LogP contribution in [0, 0.1) is 0 Å². The molecule has 1 N–H and O–H groups in total. The lowest BCUT2D eigenvalue weighted by atomic mass is 10.2. The van der Waals surface area contributed by atoms with E-state index in [1.54, 1.807) is 6.20 Å². The van der Waals surface area contributed by atoms with E-state index in [1.807, 2.05) is 59.9 Å². The van der Waals surface area contributed by atoms with Gasteiger partial charge in [-0.3, -0.25) is 9.99 Å². The number of rotatable bonds is 4. The molecule has 1 aliphatic rings. The molecule has 2 heterocycles. The SMILES string of the molecule is C1=CNN(CCOc2ccnc3ccccc23)C=C1. The van der Waals surface area contributed by atoms with Crippen molar-refractivity contribution in [3.63, 3.8) is 0 Å². The van der Waals surface area contributed by atoms with E-state index in [-0.39, 0.29) is 0 Å². The van der Waals surface area contributed by atoms with Crippen molar-refractivity contribution in [2.24, 2.45) is 0 Å². The monoisotopic (exact) mass is 253 g/mol. The molecule has 0 aliphatic carbocycles. The zero-order valence-electron chi connectivity index (χ0n) is 10.5. The molecule has 19 heavy (non-hydrogen) atoms. The number of para-hydroxylation sites is 1. The highest BCUT2D eigenvalue weighted by molar-refractivity contribution is 5.84. The van der Waals surface area contributed by atoms with Gasteiger partial charge in [0.1, 0.15) is 12.4 Å². The second-order valence-corrected chi connectivity index (χ2v) is 4.20. The van der Waals surface area contributed by atoms with Gasteiger partial charge < -0.3 is 10.2 Å². The van der Waals surface area contributed by atoms with Crippen LogP contribution in [0.2, 0.25) is 0 Å². The summed E-state index contributed by atoms with van der Waals surface area (Å²) in [5.41, 5.74) is 4.07. The maximum Gasteiger partial charge on any atom is 0.130 e. The van der Waals surface area contributed by atoms with Crippen LogP contribution in [0.4, 0.5) is 0 Å². The first-order valence-electron chi connectivity index (χ1n) is 6.26. The summed E-state index contributed by atoms with van der Waals surface area (Å²) < 4.78 is 5.84. The minimum atomic E-state index is 0.610. The van der Waals surface area contributed by atoms with Gasteiger partial charge in [-0.2, -0.15) is 0 Å². The summed E-state index contributed by atoms with van der Waals surface area (Å²) in [6, 6.07) is 9.90. The number of allylic oxidation sites excluding steroid dienone is 2. The number of hydrazine groups is 1.